The van der Waals surface area contributed by atoms with Gasteiger partial charge < -0.3 is 0 Å². The molecule has 1 aliphatic rings. The molecular formula is C47H32FN3SSi. The summed E-state index contributed by atoms with van der Waals surface area (Å²) >= 11 is 1.85. The van der Waals surface area contributed by atoms with Gasteiger partial charge in [0.25, 0.3) is 0 Å². The summed E-state index contributed by atoms with van der Waals surface area (Å²) < 4.78 is 19.2. The summed E-state index contributed by atoms with van der Waals surface area (Å²) in [5.74, 6) is 0.895. The molecule has 252 valence electrons. The predicted molar refractivity (Wildman–Crippen MR) is 222 cm³/mol. The second kappa shape index (κ2) is 12.8. The van der Waals surface area contributed by atoms with Crippen LogP contribution in [0.5, 0.6) is 0 Å². The molecule has 0 saturated heterocycles. The van der Waals surface area contributed by atoms with Gasteiger partial charge in [-0.2, -0.15) is 0 Å². The van der Waals surface area contributed by atoms with Gasteiger partial charge in [-0.15, -0.1) is 11.3 Å². The van der Waals surface area contributed by atoms with Crippen molar-refractivity contribution in [2.75, 3.05) is 4.90 Å². The van der Waals surface area contributed by atoms with Crippen LogP contribution < -0.4 is 25.6 Å². The monoisotopic (exact) mass is 717 g/mol. The number of para-hydroxylation sites is 1. The molecule has 1 unspecified atom stereocenters. The third-order valence-electron chi connectivity index (χ3n) is 10.5. The average Bonchev–Trinajstić information content (AvgIpc) is 3.62. The number of rotatable bonds is 6. The number of alkyl halides is 1. The third kappa shape index (κ3) is 4.98. The van der Waals surface area contributed by atoms with Gasteiger partial charge >= 0.3 is 0 Å². The molecule has 0 amide bonds. The van der Waals surface area contributed by atoms with E-state index in [0.29, 0.717) is 11.1 Å². The zero-order valence-corrected chi connectivity index (χ0v) is 30.4. The second-order valence-electron chi connectivity index (χ2n) is 13.4. The summed E-state index contributed by atoms with van der Waals surface area (Å²) in [6.07, 6.45) is 2.48. The zero-order chi connectivity index (χ0) is 35.4. The van der Waals surface area contributed by atoms with Crippen molar-refractivity contribution in [1.29, 1.82) is 0 Å². The molecule has 3 aromatic heterocycles. The minimum Gasteiger partial charge on any atom is -0.295 e. The van der Waals surface area contributed by atoms with Crippen LogP contribution in [-0.4, -0.2) is 18.0 Å². The van der Waals surface area contributed by atoms with Crippen LogP contribution in [0.15, 0.2) is 188 Å². The van der Waals surface area contributed by atoms with Crippen molar-refractivity contribution in [2.24, 2.45) is 0 Å². The number of benzene rings is 6. The summed E-state index contributed by atoms with van der Waals surface area (Å²) in [5, 5.41) is 7.53. The molecular weight excluding hydrogens is 686 g/mol. The van der Waals surface area contributed by atoms with Gasteiger partial charge in [-0.25, -0.2) is 9.37 Å². The SMILES string of the molecule is FC(c1cccc(-c2ccccn2)c1)c1cccc(N2c3ccccc3[Si](c3ccccc3)(c3ccccc3)c3c2ncc2c3sc3ccccc32)c1. The Morgan fingerprint density at radius 3 is 2.04 bits per heavy atom. The van der Waals surface area contributed by atoms with Gasteiger partial charge in [0.15, 0.2) is 14.2 Å². The summed E-state index contributed by atoms with van der Waals surface area (Å²) in [6, 6.07) is 60.8. The van der Waals surface area contributed by atoms with Crippen LogP contribution in [0, 0.1) is 0 Å². The number of nitrogens with zero attached hydrogens (tertiary/aromatic N) is 3. The highest BCUT2D eigenvalue weighted by Crippen LogP contribution is 2.43. The van der Waals surface area contributed by atoms with Crippen molar-refractivity contribution >= 4 is 77.5 Å². The van der Waals surface area contributed by atoms with Crippen LogP contribution in [-0.2, 0) is 0 Å². The van der Waals surface area contributed by atoms with Gasteiger partial charge in [0.05, 0.1) is 5.69 Å². The first-order valence-corrected chi connectivity index (χ1v) is 20.6. The van der Waals surface area contributed by atoms with Crippen molar-refractivity contribution < 1.29 is 4.39 Å². The smallest absolute Gasteiger partial charge is 0.188 e. The van der Waals surface area contributed by atoms with E-state index in [1.807, 2.05) is 78.2 Å². The molecule has 3 nitrogen and oxygen atoms in total. The summed E-state index contributed by atoms with van der Waals surface area (Å²) in [7, 11) is -2.98. The van der Waals surface area contributed by atoms with E-state index >= 15 is 4.39 Å². The Balaban J connectivity index is 1.23. The van der Waals surface area contributed by atoms with Crippen molar-refractivity contribution in [3.63, 3.8) is 0 Å². The van der Waals surface area contributed by atoms with E-state index in [-0.39, 0.29) is 0 Å². The minimum absolute atomic E-state index is 0.586. The summed E-state index contributed by atoms with van der Waals surface area (Å²) in [6.45, 7) is 0. The first-order chi connectivity index (χ1) is 26.2. The van der Waals surface area contributed by atoms with Gasteiger partial charge in [-0.3, -0.25) is 9.88 Å². The number of hydrogen-bond donors (Lipinski definition) is 0. The molecule has 9 aromatic rings. The maximum Gasteiger partial charge on any atom is 0.188 e. The number of thiophene rings is 1. The Labute approximate surface area is 312 Å². The van der Waals surface area contributed by atoms with Gasteiger partial charge in [-0.05, 0) is 69.2 Å². The fourth-order valence-corrected chi connectivity index (χ4v) is 15.1. The molecule has 0 fully saturated rings. The third-order valence-corrected chi connectivity index (χ3v) is 16.7. The molecule has 10 rings (SSSR count). The maximum absolute atomic E-state index is 16.7. The highest BCUT2D eigenvalue weighted by atomic mass is 32.1. The van der Waals surface area contributed by atoms with Crippen molar-refractivity contribution in [2.45, 2.75) is 6.17 Å². The lowest BCUT2D eigenvalue weighted by molar-refractivity contribution is 0.402. The molecule has 0 radical (unpaired) electrons. The van der Waals surface area contributed by atoms with Gasteiger partial charge in [0, 0.05) is 54.7 Å². The van der Waals surface area contributed by atoms with Crippen LogP contribution in [0.1, 0.15) is 17.3 Å². The lowest BCUT2D eigenvalue weighted by Gasteiger charge is -2.44. The second-order valence-corrected chi connectivity index (χ2v) is 18.2. The lowest BCUT2D eigenvalue weighted by Crippen LogP contribution is -2.77. The van der Waals surface area contributed by atoms with Gasteiger partial charge in [0.1, 0.15) is 5.82 Å². The number of halogens is 1. The van der Waals surface area contributed by atoms with E-state index < -0.39 is 14.2 Å². The van der Waals surface area contributed by atoms with Crippen molar-refractivity contribution in [3.8, 4) is 11.3 Å². The molecule has 1 atom stereocenters. The van der Waals surface area contributed by atoms with Crippen molar-refractivity contribution in [3.05, 3.63) is 199 Å². The predicted octanol–water partition coefficient (Wildman–Crippen LogP) is 9.73. The molecule has 0 spiro atoms. The largest absolute Gasteiger partial charge is 0.295 e. The van der Waals surface area contributed by atoms with Crippen LogP contribution in [0.25, 0.3) is 31.4 Å². The molecule has 4 heterocycles. The number of aromatic nitrogens is 2. The number of pyridine rings is 2. The van der Waals surface area contributed by atoms with E-state index in [0.717, 1.165) is 33.8 Å². The highest BCUT2D eigenvalue weighted by Gasteiger charge is 2.51. The number of hydrogen-bond acceptors (Lipinski definition) is 4. The van der Waals surface area contributed by atoms with E-state index in [2.05, 4.69) is 125 Å². The Morgan fingerprint density at radius 1 is 0.585 bits per heavy atom. The maximum atomic E-state index is 16.7. The molecule has 0 bridgehead atoms. The summed E-state index contributed by atoms with van der Waals surface area (Å²) in [5.41, 5.74) is 4.83. The first-order valence-electron chi connectivity index (χ1n) is 17.8. The van der Waals surface area contributed by atoms with Gasteiger partial charge in [-0.1, -0.05) is 133 Å². The van der Waals surface area contributed by atoms with E-state index in [9.17, 15) is 0 Å². The molecule has 0 aliphatic carbocycles. The summed E-state index contributed by atoms with van der Waals surface area (Å²) in [4.78, 5) is 12.2. The van der Waals surface area contributed by atoms with Gasteiger partial charge in [0.2, 0.25) is 0 Å². The molecule has 0 N–H and O–H groups in total. The lowest BCUT2D eigenvalue weighted by atomic mass is 9.99. The minimum atomic E-state index is -2.98. The van der Waals surface area contributed by atoms with E-state index in [4.69, 9.17) is 4.98 Å². The van der Waals surface area contributed by atoms with E-state index in [1.54, 1.807) is 6.20 Å². The zero-order valence-electron chi connectivity index (χ0n) is 28.6. The molecule has 6 aromatic carbocycles. The highest BCUT2D eigenvalue weighted by molar-refractivity contribution is 7.31. The standard InChI is InChI=1S/C47H32FN3SSi/c48-44(33-16-13-15-32(29-33)40-24-11-12-28-49-40)34-17-14-18-35(30-34)51-41-25-8-10-27-43(41)53(36-19-3-1-4-20-36,37-21-5-2-6-22-37)46-45-39(31-50-47(46)51)38-23-7-9-26-42(38)52-45/h1-31,44H. The van der Waals surface area contributed by atoms with E-state index in [1.165, 1.54) is 35.5 Å². The van der Waals surface area contributed by atoms with Crippen LogP contribution in [0.4, 0.5) is 21.6 Å². The number of anilines is 3. The fourth-order valence-electron chi connectivity index (χ4n) is 8.22. The Hall–Kier alpha value is -6.21. The Morgan fingerprint density at radius 2 is 1.26 bits per heavy atom. The molecule has 1 aliphatic heterocycles. The van der Waals surface area contributed by atoms with Crippen LogP contribution in [0.2, 0.25) is 0 Å². The quantitative estimate of drug-likeness (QED) is 0.161. The Bertz CT molecular complexity index is 2730. The molecule has 0 saturated carbocycles. The fraction of sp³-hybridized carbons (Fsp3) is 0.0213. The van der Waals surface area contributed by atoms with Crippen LogP contribution in [0.3, 0.4) is 0 Å². The van der Waals surface area contributed by atoms with Crippen LogP contribution >= 0.6 is 11.3 Å². The molecule has 6 heteroatoms. The normalized spacial score (nSPS) is 13.8. The molecule has 53 heavy (non-hydrogen) atoms. The topological polar surface area (TPSA) is 29.0 Å². The average molecular weight is 718 g/mol. The first kappa shape index (κ1) is 31.5. The number of fused-ring (bicyclic) bond motifs is 6. The Kier molecular flexibility index (Phi) is 7.60. The van der Waals surface area contributed by atoms with Crippen molar-refractivity contribution in [1.82, 2.24) is 9.97 Å².